The molecule has 2 atom stereocenters. The Morgan fingerprint density at radius 3 is 2.50 bits per heavy atom. The van der Waals surface area contributed by atoms with Crippen molar-refractivity contribution >= 4 is 30.1 Å². The number of nitrogens with one attached hydrogen (secondary N) is 2. The molecule has 9 heteroatoms. The molecule has 1 saturated heterocycles. The van der Waals surface area contributed by atoms with Gasteiger partial charge >= 0.3 is 5.97 Å². The molecule has 0 radical (unpaired) electrons. The van der Waals surface area contributed by atoms with Gasteiger partial charge in [-0.1, -0.05) is 6.42 Å². The minimum atomic E-state index is -0.360. The molecule has 1 aromatic carbocycles. The van der Waals surface area contributed by atoms with Crippen molar-refractivity contribution in [3.8, 4) is 17.0 Å². The lowest BCUT2D eigenvalue weighted by atomic mass is 9.97. The molecule has 182 valence electrons. The zero-order valence-corrected chi connectivity index (χ0v) is 19.8. The lowest BCUT2D eigenvalue weighted by Crippen LogP contribution is -2.31. The highest BCUT2D eigenvalue weighted by Crippen LogP contribution is 2.25. The number of nitrogens with zero attached hydrogens (tertiary/aromatic N) is 1. The Morgan fingerprint density at radius 2 is 1.85 bits per heavy atom. The monoisotopic (exact) mass is 486 g/mol. The maximum absolute atomic E-state index is 12.3. The Hall–Kier alpha value is -3.13. The quantitative estimate of drug-likeness (QED) is 0.297. The molecule has 0 unspecified atom stereocenters. The molecule has 34 heavy (non-hydrogen) atoms. The molecular weight excluding hydrogens is 456 g/mol. The van der Waals surface area contributed by atoms with Crippen molar-refractivity contribution in [1.29, 1.82) is 5.41 Å². The highest BCUT2D eigenvalue weighted by Gasteiger charge is 2.34. The maximum Gasteiger partial charge on any atom is 0.306 e. The van der Waals surface area contributed by atoms with E-state index in [2.05, 4.69) is 10.3 Å². The fraction of sp³-hybridized carbons (Fsp3) is 0.440. The van der Waals surface area contributed by atoms with Crippen LogP contribution in [-0.2, 0) is 14.3 Å². The van der Waals surface area contributed by atoms with Crippen LogP contribution in [0.2, 0.25) is 0 Å². The number of amides is 1. The molecular formula is C25H31ClN4O4. The number of halogens is 1. The fourth-order valence-corrected chi connectivity index (χ4v) is 4.38. The van der Waals surface area contributed by atoms with Crippen LogP contribution in [0.4, 0.5) is 0 Å². The number of benzene rings is 1. The first kappa shape index (κ1) is 25.5. The molecule has 1 aliphatic heterocycles. The summed E-state index contributed by atoms with van der Waals surface area (Å²) in [5, 5.41) is 10.4. The van der Waals surface area contributed by atoms with E-state index in [1.54, 1.807) is 12.3 Å². The summed E-state index contributed by atoms with van der Waals surface area (Å²) in [5.41, 5.74) is 7.74. The van der Waals surface area contributed by atoms with Gasteiger partial charge in [-0.3, -0.25) is 20.0 Å². The summed E-state index contributed by atoms with van der Waals surface area (Å²) in [6, 6.07) is 11.0. The molecule has 1 aliphatic carbocycles. The highest BCUT2D eigenvalue weighted by molar-refractivity contribution is 5.94. The maximum atomic E-state index is 12.3. The number of nitrogens with two attached hydrogens (primary N) is 1. The van der Waals surface area contributed by atoms with Gasteiger partial charge in [0, 0.05) is 17.3 Å². The number of rotatable bonds is 8. The summed E-state index contributed by atoms with van der Waals surface area (Å²) in [7, 11) is 0. The number of hydrogen-bond donors (Lipinski definition) is 3. The summed E-state index contributed by atoms with van der Waals surface area (Å²) in [5.74, 6) is -0.0708. The van der Waals surface area contributed by atoms with Crippen LogP contribution in [-0.4, -0.2) is 41.4 Å². The smallest absolute Gasteiger partial charge is 0.306 e. The van der Waals surface area contributed by atoms with Crippen LogP contribution in [0.5, 0.6) is 5.75 Å². The number of hydrogen-bond acceptors (Lipinski definition) is 6. The summed E-state index contributed by atoms with van der Waals surface area (Å²) in [4.78, 5) is 28.9. The van der Waals surface area contributed by atoms with E-state index in [-0.39, 0.29) is 54.6 Å². The number of esters is 1. The van der Waals surface area contributed by atoms with Gasteiger partial charge in [0.25, 0.3) is 0 Å². The van der Waals surface area contributed by atoms with Crippen molar-refractivity contribution in [1.82, 2.24) is 10.3 Å². The minimum absolute atomic E-state index is 0. The van der Waals surface area contributed by atoms with E-state index in [1.165, 1.54) is 6.42 Å². The normalized spacial score (nSPS) is 20.2. The van der Waals surface area contributed by atoms with Gasteiger partial charge in [-0.25, -0.2) is 0 Å². The van der Waals surface area contributed by atoms with Crippen molar-refractivity contribution in [3.05, 3.63) is 48.2 Å². The molecule has 0 bridgehead atoms. The first-order valence-corrected chi connectivity index (χ1v) is 11.5. The zero-order chi connectivity index (χ0) is 23.2. The molecule has 1 amide bonds. The van der Waals surface area contributed by atoms with E-state index >= 15 is 0 Å². The van der Waals surface area contributed by atoms with Crippen LogP contribution in [0, 0.1) is 11.3 Å². The van der Waals surface area contributed by atoms with E-state index in [9.17, 15) is 9.59 Å². The number of pyridine rings is 1. The first-order chi connectivity index (χ1) is 16.0. The van der Waals surface area contributed by atoms with Crippen LogP contribution >= 0.6 is 12.4 Å². The Morgan fingerprint density at radius 1 is 1.12 bits per heavy atom. The second-order valence-corrected chi connectivity index (χ2v) is 8.77. The lowest BCUT2D eigenvalue weighted by molar-refractivity contribution is -0.152. The van der Waals surface area contributed by atoms with E-state index in [0.717, 1.165) is 36.9 Å². The molecule has 2 aliphatic rings. The summed E-state index contributed by atoms with van der Waals surface area (Å²) in [6.07, 6.45) is 7.54. The van der Waals surface area contributed by atoms with Gasteiger partial charge in [0.1, 0.15) is 24.3 Å². The Bertz CT molecular complexity index is 991. The third kappa shape index (κ3) is 6.70. The largest absolute Gasteiger partial charge is 0.491 e. The van der Waals surface area contributed by atoms with Gasteiger partial charge in [-0.2, -0.15) is 0 Å². The fourth-order valence-electron chi connectivity index (χ4n) is 4.38. The Kier molecular flexibility index (Phi) is 8.87. The average molecular weight is 487 g/mol. The van der Waals surface area contributed by atoms with Gasteiger partial charge in [0.2, 0.25) is 5.91 Å². The molecule has 0 spiro atoms. The van der Waals surface area contributed by atoms with E-state index < -0.39 is 0 Å². The van der Waals surface area contributed by atoms with E-state index in [0.29, 0.717) is 24.3 Å². The van der Waals surface area contributed by atoms with Crippen LogP contribution in [0.15, 0.2) is 42.6 Å². The van der Waals surface area contributed by atoms with Gasteiger partial charge in [0.15, 0.2) is 0 Å². The average Bonchev–Trinajstić information content (AvgIpc) is 3.17. The van der Waals surface area contributed by atoms with Crippen molar-refractivity contribution in [3.63, 3.8) is 0 Å². The third-order valence-electron chi connectivity index (χ3n) is 6.23. The number of carbonyl (C=O) groups excluding carboxylic acids is 2. The topological polar surface area (TPSA) is 127 Å². The van der Waals surface area contributed by atoms with Gasteiger partial charge in [0.05, 0.1) is 24.1 Å². The number of nitrogen functional groups attached to an aromatic ring is 1. The van der Waals surface area contributed by atoms with Gasteiger partial charge in [-0.15, -0.1) is 12.4 Å². The van der Waals surface area contributed by atoms with Crippen molar-refractivity contribution in [2.75, 3.05) is 6.61 Å². The van der Waals surface area contributed by atoms with E-state index in [1.807, 2.05) is 30.3 Å². The van der Waals surface area contributed by atoms with Crippen LogP contribution < -0.4 is 15.8 Å². The number of ether oxygens (including phenoxy) is 2. The predicted molar refractivity (Wildman–Crippen MR) is 131 cm³/mol. The Labute approximate surface area is 205 Å². The third-order valence-corrected chi connectivity index (χ3v) is 6.23. The molecule has 1 saturated carbocycles. The highest BCUT2D eigenvalue weighted by atomic mass is 35.5. The standard InChI is InChI=1S/C25H30N4O4.ClH/c26-24(27)17-8-11-22(28-14-17)16-6-9-20(10-7-16)32-15-19-12-18(25(31)29-19)13-23(30)33-21-4-2-1-3-5-21;/h6-11,14,18-19,21H,1-5,12-13,15H2,(H3,26,27)(H,29,31);1H/t18-,19-;/m0./s1. The van der Waals surface area contributed by atoms with Crippen molar-refractivity contribution in [2.24, 2.45) is 11.7 Å². The van der Waals surface area contributed by atoms with Crippen LogP contribution in [0.1, 0.15) is 50.5 Å². The molecule has 8 nitrogen and oxygen atoms in total. The summed E-state index contributed by atoms with van der Waals surface area (Å²) >= 11 is 0. The summed E-state index contributed by atoms with van der Waals surface area (Å²) < 4.78 is 11.4. The predicted octanol–water partition coefficient (Wildman–Crippen LogP) is 3.60. The van der Waals surface area contributed by atoms with Crippen molar-refractivity contribution < 1.29 is 19.1 Å². The number of aromatic nitrogens is 1. The molecule has 1 aromatic heterocycles. The van der Waals surface area contributed by atoms with Gasteiger partial charge < -0.3 is 20.5 Å². The Balaban J connectivity index is 0.00000324. The summed E-state index contributed by atoms with van der Waals surface area (Å²) in [6.45, 7) is 0.338. The lowest BCUT2D eigenvalue weighted by Gasteiger charge is -2.22. The SMILES string of the molecule is Cl.N=C(N)c1ccc(-c2ccc(OC[C@@H]3C[C@@H](CC(=O)OC4CCCCC4)C(=O)N3)cc2)nc1. The number of carbonyl (C=O) groups is 2. The zero-order valence-electron chi connectivity index (χ0n) is 19.0. The first-order valence-electron chi connectivity index (χ1n) is 11.5. The van der Waals surface area contributed by atoms with E-state index in [4.69, 9.17) is 20.6 Å². The van der Waals surface area contributed by atoms with Crippen LogP contribution in [0.25, 0.3) is 11.3 Å². The minimum Gasteiger partial charge on any atom is -0.491 e. The molecule has 4 N–H and O–H groups in total. The van der Waals surface area contributed by atoms with Gasteiger partial charge in [-0.05, 0) is 68.5 Å². The second kappa shape index (κ2) is 11.8. The molecule has 4 rings (SSSR count). The van der Waals surface area contributed by atoms with Crippen molar-refractivity contribution in [2.45, 2.75) is 57.1 Å². The number of amidine groups is 1. The molecule has 2 heterocycles. The van der Waals surface area contributed by atoms with Crippen LogP contribution in [0.3, 0.4) is 0 Å². The molecule has 2 fully saturated rings. The molecule has 2 aromatic rings. The second-order valence-electron chi connectivity index (χ2n) is 8.77.